The van der Waals surface area contributed by atoms with Crippen molar-refractivity contribution in [1.29, 1.82) is 0 Å². The molecule has 0 amide bonds. The van der Waals surface area contributed by atoms with E-state index in [1.54, 1.807) is 0 Å². The average Bonchev–Trinajstić information content (AvgIpc) is 2.56. The zero-order valence-electron chi connectivity index (χ0n) is 7.81. The van der Waals surface area contributed by atoms with Gasteiger partial charge < -0.3 is 4.74 Å². The van der Waals surface area contributed by atoms with Crippen LogP contribution in [0.2, 0.25) is 0 Å². The Morgan fingerprint density at radius 3 is 2.27 bits per heavy atom. The van der Waals surface area contributed by atoms with E-state index in [0.29, 0.717) is 5.92 Å². The molecule has 0 N–H and O–H groups in total. The molecule has 0 radical (unpaired) electrons. The van der Waals surface area contributed by atoms with Gasteiger partial charge in [0.25, 0.3) is 0 Å². The van der Waals surface area contributed by atoms with Crippen molar-refractivity contribution in [3.8, 4) is 0 Å². The van der Waals surface area contributed by atoms with Crippen LogP contribution in [0, 0.1) is 5.92 Å². The molecule has 1 heteroatoms. The van der Waals surface area contributed by atoms with Crippen LogP contribution in [-0.4, -0.2) is 11.2 Å². The summed E-state index contributed by atoms with van der Waals surface area (Å²) in [5, 5.41) is 0. The van der Waals surface area contributed by atoms with Crippen LogP contribution < -0.4 is 0 Å². The molecule has 2 rings (SSSR count). The lowest BCUT2D eigenvalue weighted by Gasteiger charge is -2.25. The van der Waals surface area contributed by atoms with E-state index in [1.807, 2.05) is 0 Å². The number of epoxide rings is 1. The van der Waals surface area contributed by atoms with E-state index in [0.717, 1.165) is 0 Å². The van der Waals surface area contributed by atoms with Gasteiger partial charge in [-0.15, -0.1) is 0 Å². The van der Waals surface area contributed by atoms with Crippen molar-refractivity contribution in [1.82, 2.24) is 0 Å². The number of hydrogen-bond donors (Lipinski definition) is 0. The first-order valence-corrected chi connectivity index (χ1v) is 4.81. The fourth-order valence-electron chi connectivity index (χ4n) is 2.82. The second kappa shape index (κ2) is 2.01. The summed E-state index contributed by atoms with van der Waals surface area (Å²) in [5.74, 6) is 0.702. The van der Waals surface area contributed by atoms with Crippen LogP contribution in [0.5, 0.6) is 0 Å². The topological polar surface area (TPSA) is 12.5 Å². The second-order valence-corrected chi connectivity index (χ2v) is 4.58. The molecule has 0 spiro atoms. The fraction of sp³-hybridized carbons (Fsp3) is 1.00. The van der Waals surface area contributed by atoms with Crippen LogP contribution >= 0.6 is 0 Å². The molecular weight excluding hydrogens is 136 g/mol. The van der Waals surface area contributed by atoms with Gasteiger partial charge in [0.2, 0.25) is 0 Å². The molecule has 1 heterocycles. The normalized spacial score (nSPS) is 49.1. The lowest BCUT2D eigenvalue weighted by Crippen LogP contribution is -2.32. The summed E-state index contributed by atoms with van der Waals surface area (Å²) >= 11 is 0. The first-order valence-electron chi connectivity index (χ1n) is 4.81. The smallest absolute Gasteiger partial charge is 0.0999 e. The molecule has 1 saturated carbocycles. The molecule has 2 fully saturated rings. The highest BCUT2D eigenvalue weighted by atomic mass is 16.6. The lowest BCUT2D eigenvalue weighted by atomic mass is 9.74. The molecule has 2 unspecified atom stereocenters. The monoisotopic (exact) mass is 154 g/mol. The Morgan fingerprint density at radius 2 is 1.82 bits per heavy atom. The van der Waals surface area contributed by atoms with E-state index in [-0.39, 0.29) is 11.2 Å². The fourth-order valence-corrected chi connectivity index (χ4v) is 2.82. The molecule has 11 heavy (non-hydrogen) atoms. The summed E-state index contributed by atoms with van der Waals surface area (Å²) in [6, 6.07) is 0. The number of ether oxygens (including phenoxy) is 1. The predicted octanol–water partition coefficient (Wildman–Crippen LogP) is 2.74. The Kier molecular flexibility index (Phi) is 1.39. The van der Waals surface area contributed by atoms with Gasteiger partial charge in [-0.05, 0) is 25.7 Å². The molecule has 1 aliphatic heterocycles. The van der Waals surface area contributed by atoms with Crippen LogP contribution in [-0.2, 0) is 4.74 Å². The highest BCUT2D eigenvalue weighted by molar-refractivity contribution is 5.16. The maximum Gasteiger partial charge on any atom is 0.0999 e. The molecule has 1 saturated heterocycles. The molecule has 64 valence electrons. The van der Waals surface area contributed by atoms with Gasteiger partial charge in [0.1, 0.15) is 0 Å². The minimum Gasteiger partial charge on any atom is -0.363 e. The second-order valence-electron chi connectivity index (χ2n) is 4.58. The Balaban J connectivity index is 2.16. The van der Waals surface area contributed by atoms with Crippen LogP contribution in [0.3, 0.4) is 0 Å². The van der Waals surface area contributed by atoms with E-state index in [1.165, 1.54) is 25.7 Å². The van der Waals surface area contributed by atoms with Gasteiger partial charge >= 0.3 is 0 Å². The van der Waals surface area contributed by atoms with Gasteiger partial charge in [-0.3, -0.25) is 0 Å². The van der Waals surface area contributed by atoms with E-state index in [2.05, 4.69) is 20.8 Å². The summed E-state index contributed by atoms with van der Waals surface area (Å²) in [4.78, 5) is 0. The molecule has 0 bridgehead atoms. The molecule has 0 aromatic rings. The highest BCUT2D eigenvalue weighted by Crippen LogP contribution is 2.60. The van der Waals surface area contributed by atoms with Gasteiger partial charge in [-0.2, -0.15) is 0 Å². The van der Waals surface area contributed by atoms with Crippen molar-refractivity contribution in [2.75, 3.05) is 0 Å². The average molecular weight is 154 g/mol. The highest BCUT2D eigenvalue weighted by Gasteiger charge is 2.68. The van der Waals surface area contributed by atoms with Gasteiger partial charge in [0, 0.05) is 0 Å². The van der Waals surface area contributed by atoms with E-state index < -0.39 is 0 Å². The third kappa shape index (κ3) is 0.807. The minimum absolute atomic E-state index is 0.263. The molecule has 1 nitrogen and oxygen atoms in total. The number of hydrogen-bond acceptors (Lipinski definition) is 1. The Hall–Kier alpha value is -0.0400. The van der Waals surface area contributed by atoms with E-state index in [9.17, 15) is 0 Å². The van der Waals surface area contributed by atoms with Crippen LogP contribution in [0.1, 0.15) is 46.5 Å². The van der Waals surface area contributed by atoms with Crippen molar-refractivity contribution in [2.45, 2.75) is 57.7 Å². The predicted molar refractivity (Wildman–Crippen MR) is 45.5 cm³/mol. The summed E-state index contributed by atoms with van der Waals surface area (Å²) < 4.78 is 5.91. The van der Waals surface area contributed by atoms with Crippen LogP contribution in [0.4, 0.5) is 0 Å². The van der Waals surface area contributed by atoms with Gasteiger partial charge in [-0.25, -0.2) is 0 Å². The third-order valence-corrected chi connectivity index (χ3v) is 3.65. The number of rotatable bonds is 1. The summed E-state index contributed by atoms with van der Waals surface area (Å²) in [7, 11) is 0. The van der Waals surface area contributed by atoms with Crippen molar-refractivity contribution in [3.05, 3.63) is 0 Å². The Bertz CT molecular complexity index is 172. The quantitative estimate of drug-likeness (QED) is 0.529. The van der Waals surface area contributed by atoms with E-state index >= 15 is 0 Å². The van der Waals surface area contributed by atoms with Crippen LogP contribution in [0.25, 0.3) is 0 Å². The van der Waals surface area contributed by atoms with Crippen molar-refractivity contribution in [2.24, 2.45) is 5.92 Å². The molecular formula is C10H18O. The largest absolute Gasteiger partial charge is 0.363 e. The maximum atomic E-state index is 5.91. The van der Waals surface area contributed by atoms with Crippen molar-refractivity contribution < 1.29 is 4.74 Å². The molecule has 0 aromatic carbocycles. The lowest BCUT2D eigenvalue weighted by molar-refractivity contribution is 0.222. The van der Waals surface area contributed by atoms with Gasteiger partial charge in [-0.1, -0.05) is 26.7 Å². The van der Waals surface area contributed by atoms with Gasteiger partial charge in [0.05, 0.1) is 11.2 Å². The molecule has 2 aliphatic rings. The van der Waals surface area contributed by atoms with Crippen molar-refractivity contribution >= 4 is 0 Å². The minimum atomic E-state index is 0.263. The molecule has 1 aliphatic carbocycles. The molecule has 0 aromatic heterocycles. The zero-order chi connectivity index (χ0) is 8.11. The van der Waals surface area contributed by atoms with Crippen molar-refractivity contribution in [3.63, 3.8) is 0 Å². The SMILES string of the molecule is CC(C)C12CCCCC1(C)O2. The number of fused-ring (bicyclic) bond motifs is 1. The Morgan fingerprint density at radius 1 is 1.18 bits per heavy atom. The summed E-state index contributed by atoms with van der Waals surface area (Å²) in [6.07, 6.45) is 5.31. The van der Waals surface area contributed by atoms with Gasteiger partial charge in [0.15, 0.2) is 0 Å². The summed E-state index contributed by atoms with van der Waals surface area (Å²) in [5.41, 5.74) is 0.546. The standard InChI is InChI=1S/C10H18O/c1-8(2)10-7-5-4-6-9(10,3)11-10/h8H,4-7H2,1-3H3. The zero-order valence-corrected chi connectivity index (χ0v) is 7.81. The Labute approximate surface area is 69.1 Å². The van der Waals surface area contributed by atoms with E-state index in [4.69, 9.17) is 4.74 Å². The third-order valence-electron chi connectivity index (χ3n) is 3.65. The maximum absolute atomic E-state index is 5.91. The molecule has 2 atom stereocenters. The first kappa shape index (κ1) is 7.60. The first-order chi connectivity index (χ1) is 5.11. The summed E-state index contributed by atoms with van der Waals surface area (Å²) in [6.45, 7) is 6.86. The van der Waals surface area contributed by atoms with Crippen LogP contribution in [0.15, 0.2) is 0 Å².